The van der Waals surface area contributed by atoms with Gasteiger partial charge in [0, 0.05) is 30.4 Å². The highest BCUT2D eigenvalue weighted by Crippen LogP contribution is 2.52. The summed E-state index contributed by atoms with van der Waals surface area (Å²) in [6, 6.07) is 7.17. The van der Waals surface area contributed by atoms with Gasteiger partial charge >= 0.3 is 0 Å². The molecule has 3 atom stereocenters. The summed E-state index contributed by atoms with van der Waals surface area (Å²) in [5.41, 5.74) is 2.90. The number of anilines is 1. The van der Waals surface area contributed by atoms with Crippen LogP contribution in [0.3, 0.4) is 0 Å². The molecule has 0 unspecified atom stereocenters. The van der Waals surface area contributed by atoms with Crippen molar-refractivity contribution in [2.75, 3.05) is 5.32 Å². The SMILES string of the molecule is O=[N+]([O-])c1cc(Cl)c2c(c1)[C@@H]1C=CC[C@H]1[C@H](c1ccncc1)N2. The number of nitrogens with zero attached hydrogens (tertiary/aromatic N) is 2. The molecule has 1 aliphatic carbocycles. The molecule has 1 aromatic carbocycles. The molecule has 0 radical (unpaired) electrons. The second-order valence-corrected chi connectivity index (χ2v) is 6.31. The Morgan fingerprint density at radius 3 is 2.83 bits per heavy atom. The lowest BCUT2D eigenvalue weighted by Crippen LogP contribution is -2.29. The molecule has 6 heteroatoms. The van der Waals surface area contributed by atoms with E-state index in [1.165, 1.54) is 6.07 Å². The van der Waals surface area contributed by atoms with Crippen molar-refractivity contribution in [1.29, 1.82) is 0 Å². The van der Waals surface area contributed by atoms with E-state index in [4.69, 9.17) is 11.6 Å². The fourth-order valence-electron chi connectivity index (χ4n) is 3.65. The van der Waals surface area contributed by atoms with Gasteiger partial charge in [0.1, 0.15) is 0 Å². The number of halogens is 1. The number of nitro benzene ring substituents is 1. The molecule has 2 heterocycles. The van der Waals surface area contributed by atoms with Gasteiger partial charge in [0.2, 0.25) is 0 Å². The van der Waals surface area contributed by atoms with Crippen LogP contribution in [-0.2, 0) is 0 Å². The van der Waals surface area contributed by atoms with E-state index >= 15 is 0 Å². The first kappa shape index (κ1) is 14.2. The minimum Gasteiger partial charge on any atom is -0.376 e. The van der Waals surface area contributed by atoms with Crippen molar-refractivity contribution in [2.24, 2.45) is 5.92 Å². The van der Waals surface area contributed by atoms with Crippen LogP contribution in [0.25, 0.3) is 0 Å². The molecular weight excluding hydrogens is 314 g/mol. The van der Waals surface area contributed by atoms with E-state index in [2.05, 4.69) is 22.5 Å². The fourth-order valence-corrected chi connectivity index (χ4v) is 3.92. The maximum atomic E-state index is 11.1. The van der Waals surface area contributed by atoms with Crippen molar-refractivity contribution in [3.63, 3.8) is 0 Å². The number of aromatic nitrogens is 1. The molecular formula is C17H14ClN3O2. The van der Waals surface area contributed by atoms with E-state index in [1.54, 1.807) is 18.5 Å². The van der Waals surface area contributed by atoms with Gasteiger partial charge in [0.25, 0.3) is 5.69 Å². The average Bonchev–Trinajstić information content (AvgIpc) is 3.04. The van der Waals surface area contributed by atoms with Gasteiger partial charge in [-0.3, -0.25) is 15.1 Å². The highest BCUT2D eigenvalue weighted by Gasteiger charge is 2.39. The number of rotatable bonds is 2. The topological polar surface area (TPSA) is 68.1 Å². The molecule has 1 aliphatic heterocycles. The first-order valence-electron chi connectivity index (χ1n) is 7.46. The predicted octanol–water partition coefficient (Wildman–Crippen LogP) is 4.47. The van der Waals surface area contributed by atoms with E-state index in [0.29, 0.717) is 10.9 Å². The Hall–Kier alpha value is -2.40. The van der Waals surface area contributed by atoms with Gasteiger partial charge in [0.05, 0.1) is 21.7 Å². The third kappa shape index (κ3) is 2.28. The van der Waals surface area contributed by atoms with E-state index in [1.807, 2.05) is 12.1 Å². The molecule has 0 saturated carbocycles. The van der Waals surface area contributed by atoms with Crippen molar-refractivity contribution < 1.29 is 4.92 Å². The zero-order valence-electron chi connectivity index (χ0n) is 12.1. The van der Waals surface area contributed by atoms with Crippen molar-refractivity contribution in [3.05, 3.63) is 75.1 Å². The van der Waals surface area contributed by atoms with Crippen LogP contribution >= 0.6 is 11.6 Å². The number of pyridine rings is 1. The Labute approximate surface area is 138 Å². The minimum absolute atomic E-state index is 0.0389. The van der Waals surface area contributed by atoms with Gasteiger partial charge in [-0.1, -0.05) is 23.8 Å². The lowest BCUT2D eigenvalue weighted by molar-refractivity contribution is -0.384. The second kappa shape index (κ2) is 5.35. The quantitative estimate of drug-likeness (QED) is 0.502. The molecule has 0 bridgehead atoms. The van der Waals surface area contributed by atoms with Crippen LogP contribution in [0.4, 0.5) is 11.4 Å². The first-order valence-corrected chi connectivity index (χ1v) is 7.84. The molecule has 1 aromatic heterocycles. The van der Waals surface area contributed by atoms with Crippen molar-refractivity contribution in [1.82, 2.24) is 4.98 Å². The molecule has 2 aromatic rings. The molecule has 1 N–H and O–H groups in total. The summed E-state index contributed by atoms with van der Waals surface area (Å²) in [5.74, 6) is 0.463. The molecule has 4 rings (SSSR count). The zero-order chi connectivity index (χ0) is 16.0. The Bertz CT molecular complexity index is 807. The number of non-ortho nitro benzene ring substituents is 1. The van der Waals surface area contributed by atoms with Crippen molar-refractivity contribution in [3.8, 4) is 0 Å². The Balaban J connectivity index is 1.84. The highest BCUT2D eigenvalue weighted by molar-refractivity contribution is 6.33. The Morgan fingerprint density at radius 1 is 1.30 bits per heavy atom. The molecule has 0 saturated heterocycles. The van der Waals surface area contributed by atoms with Gasteiger partial charge in [-0.2, -0.15) is 0 Å². The summed E-state index contributed by atoms with van der Waals surface area (Å²) < 4.78 is 0. The minimum atomic E-state index is -0.394. The van der Waals surface area contributed by atoms with Gasteiger partial charge in [-0.05, 0) is 35.6 Å². The number of hydrogen-bond donors (Lipinski definition) is 1. The maximum absolute atomic E-state index is 11.1. The molecule has 0 fully saturated rings. The summed E-state index contributed by atoms with van der Waals surface area (Å²) in [5, 5.41) is 15.0. The van der Waals surface area contributed by atoms with E-state index < -0.39 is 4.92 Å². The molecule has 5 nitrogen and oxygen atoms in total. The summed E-state index contributed by atoms with van der Waals surface area (Å²) in [6.45, 7) is 0. The van der Waals surface area contributed by atoms with Crippen LogP contribution in [0.5, 0.6) is 0 Å². The van der Waals surface area contributed by atoms with E-state index in [-0.39, 0.29) is 17.6 Å². The van der Waals surface area contributed by atoms with Gasteiger partial charge in [0.15, 0.2) is 0 Å². The van der Waals surface area contributed by atoms with Crippen LogP contribution in [0.2, 0.25) is 5.02 Å². The largest absolute Gasteiger partial charge is 0.376 e. The fraction of sp³-hybridized carbons (Fsp3) is 0.235. The van der Waals surface area contributed by atoms with Crippen LogP contribution in [0.1, 0.15) is 29.5 Å². The smallest absolute Gasteiger partial charge is 0.271 e. The molecule has 0 amide bonds. The lowest BCUT2D eigenvalue weighted by Gasteiger charge is -2.37. The molecule has 2 aliphatic rings. The predicted molar refractivity (Wildman–Crippen MR) is 88.7 cm³/mol. The van der Waals surface area contributed by atoms with Gasteiger partial charge in [-0.25, -0.2) is 0 Å². The molecule has 0 spiro atoms. The van der Waals surface area contributed by atoms with Crippen LogP contribution in [0, 0.1) is 16.0 Å². The Morgan fingerprint density at radius 2 is 2.09 bits per heavy atom. The maximum Gasteiger partial charge on any atom is 0.271 e. The monoisotopic (exact) mass is 327 g/mol. The summed E-state index contributed by atoms with van der Waals surface area (Å²) in [7, 11) is 0. The van der Waals surface area contributed by atoms with E-state index in [0.717, 1.165) is 23.2 Å². The van der Waals surface area contributed by atoms with Crippen molar-refractivity contribution >= 4 is 23.0 Å². The second-order valence-electron chi connectivity index (χ2n) is 5.90. The van der Waals surface area contributed by atoms with Crippen molar-refractivity contribution in [2.45, 2.75) is 18.4 Å². The third-order valence-corrected chi connectivity index (χ3v) is 4.98. The standard InChI is InChI=1S/C17H14ClN3O2/c18-15-9-11(21(22)23)8-14-12-2-1-3-13(12)16(20-17(14)15)10-4-6-19-7-5-10/h1-2,4-9,12-13,16,20H,3H2/t12-,13-,16+/m1/s1. The van der Waals surface area contributed by atoms with Gasteiger partial charge in [-0.15, -0.1) is 0 Å². The normalized spacial score (nSPS) is 24.7. The molecule has 116 valence electrons. The Kier molecular flexibility index (Phi) is 3.31. The van der Waals surface area contributed by atoms with Crippen LogP contribution < -0.4 is 5.32 Å². The molecule has 23 heavy (non-hydrogen) atoms. The number of nitro groups is 1. The number of fused-ring (bicyclic) bond motifs is 3. The summed E-state index contributed by atoms with van der Waals surface area (Å²) in [6.07, 6.45) is 8.78. The number of hydrogen-bond acceptors (Lipinski definition) is 4. The zero-order valence-corrected chi connectivity index (χ0v) is 12.9. The third-order valence-electron chi connectivity index (χ3n) is 4.68. The lowest BCUT2D eigenvalue weighted by atomic mass is 9.77. The van der Waals surface area contributed by atoms with Crippen LogP contribution in [-0.4, -0.2) is 9.91 Å². The first-order chi connectivity index (χ1) is 11.1. The van der Waals surface area contributed by atoms with Gasteiger partial charge < -0.3 is 5.32 Å². The average molecular weight is 328 g/mol. The number of allylic oxidation sites excluding steroid dienone is 2. The van der Waals surface area contributed by atoms with E-state index in [9.17, 15) is 10.1 Å². The summed E-state index contributed by atoms with van der Waals surface area (Å²) in [4.78, 5) is 14.8. The highest BCUT2D eigenvalue weighted by atomic mass is 35.5. The number of benzene rings is 1. The van der Waals surface area contributed by atoms with Crippen LogP contribution in [0.15, 0.2) is 48.8 Å². The number of nitrogens with one attached hydrogen (secondary N) is 1. The summed E-state index contributed by atoms with van der Waals surface area (Å²) >= 11 is 6.33.